The molecule has 7 heteroatoms. The number of hydrogen-bond acceptors (Lipinski definition) is 5. The molecule has 20 heavy (non-hydrogen) atoms. The Morgan fingerprint density at radius 3 is 2.75 bits per heavy atom. The van der Waals surface area contributed by atoms with Gasteiger partial charge in [0.1, 0.15) is 0 Å². The van der Waals surface area contributed by atoms with E-state index in [4.69, 9.17) is 0 Å². The lowest BCUT2D eigenvalue weighted by atomic mass is 10.2. The first-order chi connectivity index (χ1) is 9.45. The second-order valence-corrected chi connectivity index (χ2v) is 6.50. The van der Waals surface area contributed by atoms with Gasteiger partial charge in [-0.1, -0.05) is 11.6 Å². The third-order valence-corrected chi connectivity index (χ3v) is 3.75. The van der Waals surface area contributed by atoms with Gasteiger partial charge in [0.15, 0.2) is 5.82 Å². The molecule has 0 atom stereocenters. The minimum atomic E-state index is -3.44. The average Bonchev–Trinajstić information content (AvgIpc) is 2.80. The van der Waals surface area contributed by atoms with Crippen molar-refractivity contribution < 1.29 is 8.42 Å². The molecule has 2 aromatic heterocycles. The summed E-state index contributed by atoms with van der Waals surface area (Å²) in [5, 5.41) is 5.03. The molecule has 0 saturated carbocycles. The van der Waals surface area contributed by atoms with E-state index >= 15 is 0 Å². The van der Waals surface area contributed by atoms with Crippen LogP contribution >= 0.6 is 0 Å². The monoisotopic (exact) mass is 288 g/mol. The van der Waals surface area contributed by atoms with Gasteiger partial charge < -0.3 is 0 Å². The lowest BCUT2D eigenvalue weighted by Gasteiger charge is -2.04. The summed E-state index contributed by atoms with van der Waals surface area (Å²) >= 11 is 0. The smallest absolute Gasteiger partial charge is 0.227 e. The van der Waals surface area contributed by atoms with E-state index in [-0.39, 0.29) is 5.16 Å². The number of rotatable bonds is 2. The van der Waals surface area contributed by atoms with Crippen molar-refractivity contribution in [3.8, 4) is 5.82 Å². The molecule has 102 valence electrons. The highest BCUT2D eigenvalue weighted by Crippen LogP contribution is 2.18. The summed E-state index contributed by atoms with van der Waals surface area (Å²) in [4.78, 5) is 7.83. The highest BCUT2D eigenvalue weighted by molar-refractivity contribution is 7.90. The second kappa shape index (κ2) is 4.38. The fourth-order valence-electron chi connectivity index (χ4n) is 1.96. The van der Waals surface area contributed by atoms with Gasteiger partial charge in [-0.05, 0) is 19.1 Å². The molecule has 0 fully saturated rings. The Morgan fingerprint density at radius 1 is 1.20 bits per heavy atom. The van der Waals surface area contributed by atoms with E-state index in [1.54, 1.807) is 16.9 Å². The fourth-order valence-corrected chi connectivity index (χ4v) is 2.48. The van der Waals surface area contributed by atoms with E-state index in [1.807, 2.05) is 25.1 Å². The Bertz CT molecular complexity index is 900. The summed E-state index contributed by atoms with van der Waals surface area (Å²) in [5.74, 6) is 0.430. The van der Waals surface area contributed by atoms with Crippen molar-refractivity contribution >= 4 is 20.7 Å². The van der Waals surface area contributed by atoms with Crippen LogP contribution in [0.25, 0.3) is 16.7 Å². The number of aromatic nitrogens is 4. The maximum absolute atomic E-state index is 11.5. The zero-order chi connectivity index (χ0) is 14.3. The summed E-state index contributed by atoms with van der Waals surface area (Å²) in [6.07, 6.45) is 4.22. The van der Waals surface area contributed by atoms with Gasteiger partial charge in [0.05, 0.1) is 11.7 Å². The second-order valence-electron chi connectivity index (χ2n) is 4.59. The van der Waals surface area contributed by atoms with Crippen LogP contribution in [0.15, 0.2) is 41.8 Å². The van der Waals surface area contributed by atoms with Crippen LogP contribution in [-0.2, 0) is 9.84 Å². The minimum Gasteiger partial charge on any atom is -0.227 e. The Morgan fingerprint density at radius 2 is 2.00 bits per heavy atom. The van der Waals surface area contributed by atoms with Crippen LogP contribution in [0.3, 0.4) is 0 Å². The number of nitrogens with zero attached hydrogens (tertiary/aromatic N) is 4. The van der Waals surface area contributed by atoms with Crippen LogP contribution in [0.2, 0.25) is 0 Å². The number of benzene rings is 1. The molecule has 0 amide bonds. The van der Waals surface area contributed by atoms with Gasteiger partial charge in [0.2, 0.25) is 15.0 Å². The number of fused-ring (bicyclic) bond motifs is 1. The lowest BCUT2D eigenvalue weighted by molar-refractivity contribution is 0.592. The molecule has 0 spiro atoms. The van der Waals surface area contributed by atoms with Crippen molar-refractivity contribution in [3.05, 3.63) is 42.2 Å². The first kappa shape index (κ1) is 12.7. The maximum atomic E-state index is 11.5. The number of aryl methyl sites for hydroxylation is 1. The normalized spacial score (nSPS) is 11.9. The van der Waals surface area contributed by atoms with Gasteiger partial charge in [0, 0.05) is 23.9 Å². The third-order valence-electron chi connectivity index (χ3n) is 2.89. The average molecular weight is 288 g/mol. The molecule has 0 saturated heterocycles. The van der Waals surface area contributed by atoms with Crippen LogP contribution in [0, 0.1) is 6.92 Å². The summed E-state index contributed by atoms with van der Waals surface area (Å²) in [5.41, 5.74) is 2.00. The van der Waals surface area contributed by atoms with Gasteiger partial charge in [-0.2, -0.15) is 10.1 Å². The van der Waals surface area contributed by atoms with E-state index in [2.05, 4.69) is 15.1 Å². The standard InChI is InChI=1S/C13H12N4O2S/c1-9-3-4-11-10(7-9)8-15-17(11)12-5-6-14-13(16-12)20(2,18)19/h3-8H,1-2H3. The van der Waals surface area contributed by atoms with Crippen LogP contribution < -0.4 is 0 Å². The van der Waals surface area contributed by atoms with E-state index in [1.165, 1.54) is 6.20 Å². The molecule has 0 aliphatic rings. The fraction of sp³-hybridized carbons (Fsp3) is 0.154. The quantitative estimate of drug-likeness (QED) is 0.668. The summed E-state index contributed by atoms with van der Waals surface area (Å²) < 4.78 is 24.6. The molecule has 1 aromatic carbocycles. The summed E-state index contributed by atoms with van der Waals surface area (Å²) in [6, 6.07) is 7.54. The van der Waals surface area contributed by atoms with Gasteiger partial charge >= 0.3 is 0 Å². The first-order valence-corrected chi connectivity index (χ1v) is 7.82. The summed E-state index contributed by atoms with van der Waals surface area (Å²) in [7, 11) is -3.44. The third kappa shape index (κ3) is 2.16. The predicted molar refractivity (Wildman–Crippen MR) is 74.5 cm³/mol. The van der Waals surface area contributed by atoms with Crippen molar-refractivity contribution in [1.82, 2.24) is 19.7 Å². The van der Waals surface area contributed by atoms with Crippen molar-refractivity contribution in [2.24, 2.45) is 0 Å². The highest BCUT2D eigenvalue weighted by Gasteiger charge is 2.13. The zero-order valence-corrected chi connectivity index (χ0v) is 11.8. The minimum absolute atomic E-state index is 0.203. The zero-order valence-electron chi connectivity index (χ0n) is 11.0. The topological polar surface area (TPSA) is 77.7 Å². The van der Waals surface area contributed by atoms with Crippen molar-refractivity contribution in [2.45, 2.75) is 12.1 Å². The van der Waals surface area contributed by atoms with E-state index in [0.29, 0.717) is 5.82 Å². The van der Waals surface area contributed by atoms with Crippen molar-refractivity contribution in [2.75, 3.05) is 6.26 Å². The molecular weight excluding hydrogens is 276 g/mol. The SMILES string of the molecule is Cc1ccc2c(cnn2-c2ccnc(S(C)(=O)=O)n2)c1. The number of hydrogen-bond donors (Lipinski definition) is 0. The molecule has 2 heterocycles. The van der Waals surface area contributed by atoms with Gasteiger partial charge in [-0.3, -0.25) is 0 Å². The molecule has 0 aliphatic heterocycles. The Hall–Kier alpha value is -2.28. The van der Waals surface area contributed by atoms with Crippen LogP contribution in [0.1, 0.15) is 5.56 Å². The molecule has 0 N–H and O–H groups in total. The molecule has 0 bridgehead atoms. The molecule has 0 radical (unpaired) electrons. The molecule has 6 nitrogen and oxygen atoms in total. The van der Waals surface area contributed by atoms with Crippen LogP contribution in [0.5, 0.6) is 0 Å². The maximum Gasteiger partial charge on any atom is 0.248 e. The lowest BCUT2D eigenvalue weighted by Crippen LogP contribution is -2.07. The van der Waals surface area contributed by atoms with Crippen molar-refractivity contribution in [1.29, 1.82) is 0 Å². The van der Waals surface area contributed by atoms with E-state index in [0.717, 1.165) is 22.7 Å². The van der Waals surface area contributed by atoms with Crippen LogP contribution in [0.4, 0.5) is 0 Å². The largest absolute Gasteiger partial charge is 0.248 e. The molecule has 0 unspecified atom stereocenters. The van der Waals surface area contributed by atoms with Crippen LogP contribution in [-0.4, -0.2) is 34.4 Å². The predicted octanol–water partition coefficient (Wildman–Crippen LogP) is 1.53. The first-order valence-electron chi connectivity index (χ1n) is 5.93. The number of sulfone groups is 1. The van der Waals surface area contributed by atoms with Gasteiger partial charge in [-0.25, -0.2) is 18.1 Å². The molecular formula is C13H12N4O2S. The van der Waals surface area contributed by atoms with Crippen molar-refractivity contribution in [3.63, 3.8) is 0 Å². The summed E-state index contributed by atoms with van der Waals surface area (Å²) in [6.45, 7) is 2.00. The van der Waals surface area contributed by atoms with Gasteiger partial charge in [-0.15, -0.1) is 0 Å². The van der Waals surface area contributed by atoms with E-state index in [9.17, 15) is 8.42 Å². The Labute approximate surface area is 116 Å². The Kier molecular flexibility index (Phi) is 2.79. The highest BCUT2D eigenvalue weighted by atomic mass is 32.2. The molecule has 3 rings (SSSR count). The van der Waals surface area contributed by atoms with Gasteiger partial charge in [0.25, 0.3) is 0 Å². The Balaban J connectivity index is 2.21. The molecule has 3 aromatic rings. The molecule has 0 aliphatic carbocycles. The van der Waals surface area contributed by atoms with E-state index < -0.39 is 9.84 Å².